The van der Waals surface area contributed by atoms with Crippen LogP contribution < -0.4 is 9.47 Å². The van der Waals surface area contributed by atoms with Gasteiger partial charge in [0.25, 0.3) is 0 Å². The molecule has 0 bridgehead atoms. The largest absolute Gasteiger partial charge is 0.496 e. The zero-order valence-corrected chi connectivity index (χ0v) is 12.7. The van der Waals surface area contributed by atoms with Gasteiger partial charge in [-0.3, -0.25) is 9.59 Å². The lowest BCUT2D eigenvalue weighted by Crippen LogP contribution is -2.41. The van der Waals surface area contributed by atoms with Crippen molar-refractivity contribution in [2.75, 3.05) is 7.11 Å². The second kappa shape index (κ2) is 5.26. The van der Waals surface area contributed by atoms with E-state index in [4.69, 9.17) is 13.9 Å². The fourth-order valence-corrected chi connectivity index (χ4v) is 3.83. The van der Waals surface area contributed by atoms with Crippen LogP contribution in [0.15, 0.2) is 41.0 Å². The molecule has 2 heterocycles. The third-order valence-corrected chi connectivity index (χ3v) is 4.77. The first-order valence-electron chi connectivity index (χ1n) is 7.62. The first-order chi connectivity index (χ1) is 11.2. The summed E-state index contributed by atoms with van der Waals surface area (Å²) in [5.74, 6) is 0.664. The van der Waals surface area contributed by atoms with Crippen LogP contribution in [0.1, 0.15) is 36.0 Å². The maximum atomic E-state index is 12.6. The normalized spacial score (nSPS) is 26.2. The van der Waals surface area contributed by atoms with Gasteiger partial charge >= 0.3 is 5.97 Å². The Morgan fingerprint density at radius 1 is 1.09 bits per heavy atom. The van der Waals surface area contributed by atoms with Crippen molar-refractivity contribution in [3.05, 3.63) is 47.9 Å². The fraction of sp³-hybridized carbons (Fsp3) is 0.333. The number of esters is 1. The van der Waals surface area contributed by atoms with Gasteiger partial charge in [0.2, 0.25) is 0 Å². The molecule has 2 aromatic rings. The third-order valence-electron chi connectivity index (χ3n) is 4.77. The maximum Gasteiger partial charge on any atom is 0.315 e. The molecular weight excluding hydrogens is 296 g/mol. The number of carbonyl (C=O) groups is 2. The lowest BCUT2D eigenvalue weighted by Gasteiger charge is -2.39. The highest BCUT2D eigenvalue weighted by Gasteiger charge is 2.49. The van der Waals surface area contributed by atoms with Crippen molar-refractivity contribution >= 4 is 11.8 Å². The van der Waals surface area contributed by atoms with Gasteiger partial charge in [-0.2, -0.15) is 0 Å². The highest BCUT2D eigenvalue weighted by Crippen LogP contribution is 2.52. The van der Waals surface area contributed by atoms with Crippen LogP contribution in [0.25, 0.3) is 0 Å². The van der Waals surface area contributed by atoms with E-state index in [1.807, 2.05) is 12.1 Å². The van der Waals surface area contributed by atoms with E-state index in [2.05, 4.69) is 0 Å². The maximum absolute atomic E-state index is 12.6. The number of ketones is 1. The van der Waals surface area contributed by atoms with E-state index in [-0.39, 0.29) is 23.6 Å². The van der Waals surface area contributed by atoms with E-state index in [9.17, 15) is 9.59 Å². The first kappa shape index (κ1) is 14.1. The Hall–Kier alpha value is -2.56. The second-order valence-electron chi connectivity index (χ2n) is 5.99. The van der Waals surface area contributed by atoms with Gasteiger partial charge in [-0.15, -0.1) is 0 Å². The molecule has 23 heavy (non-hydrogen) atoms. The quantitative estimate of drug-likeness (QED) is 0.630. The van der Waals surface area contributed by atoms with Gasteiger partial charge in [0.05, 0.1) is 19.3 Å². The standard InChI is InChI=1S/C18H16O5/c1-21-14-4-2-5-15-17(14)12-9-10(19)8-11(13-6-3-7-22-13)16(12)18(20)23-15/h2-7,11-12,16H,8-9H2,1H3/t11-,12-,16+/m1/s1. The van der Waals surface area contributed by atoms with Crippen molar-refractivity contribution in [1.29, 1.82) is 0 Å². The van der Waals surface area contributed by atoms with Gasteiger partial charge < -0.3 is 13.9 Å². The lowest BCUT2D eigenvalue weighted by molar-refractivity contribution is -0.144. The summed E-state index contributed by atoms with van der Waals surface area (Å²) in [4.78, 5) is 24.9. The summed E-state index contributed by atoms with van der Waals surface area (Å²) in [6.45, 7) is 0. The molecule has 1 aliphatic carbocycles. The summed E-state index contributed by atoms with van der Waals surface area (Å²) in [7, 11) is 1.58. The minimum Gasteiger partial charge on any atom is -0.496 e. The Kier molecular flexibility index (Phi) is 3.22. The number of benzene rings is 1. The SMILES string of the molecule is COc1cccc2c1[C@@H]1CC(=O)C[C@H](c3ccco3)[C@@H]1C(=O)O2. The molecule has 1 fully saturated rings. The van der Waals surface area contributed by atoms with Gasteiger partial charge in [-0.05, 0) is 24.3 Å². The summed E-state index contributed by atoms with van der Waals surface area (Å²) in [5.41, 5.74) is 0.809. The van der Waals surface area contributed by atoms with Crippen LogP contribution in [0.4, 0.5) is 0 Å². The van der Waals surface area contributed by atoms with Crippen molar-refractivity contribution in [1.82, 2.24) is 0 Å². The average molecular weight is 312 g/mol. The number of furan rings is 1. The van der Waals surface area contributed by atoms with Gasteiger partial charge in [0.15, 0.2) is 0 Å². The minimum atomic E-state index is -0.428. The molecule has 1 aliphatic heterocycles. The molecule has 2 aliphatic rings. The number of methoxy groups -OCH3 is 1. The van der Waals surface area contributed by atoms with Crippen LogP contribution in [-0.2, 0) is 9.59 Å². The molecular formula is C18H16O5. The van der Waals surface area contributed by atoms with Crippen molar-refractivity contribution in [3.63, 3.8) is 0 Å². The molecule has 4 rings (SSSR count). The average Bonchev–Trinajstić information content (AvgIpc) is 3.07. The summed E-state index contributed by atoms with van der Waals surface area (Å²) >= 11 is 0. The molecule has 5 heteroatoms. The van der Waals surface area contributed by atoms with Crippen LogP contribution in [0, 0.1) is 5.92 Å². The first-order valence-corrected chi connectivity index (χ1v) is 7.62. The number of rotatable bonds is 2. The molecule has 1 saturated carbocycles. The number of Topliss-reactive ketones (excluding diaryl/α,β-unsaturated/α-hetero) is 1. The highest BCUT2D eigenvalue weighted by molar-refractivity contribution is 5.89. The van der Waals surface area contributed by atoms with Crippen LogP contribution in [0.5, 0.6) is 11.5 Å². The predicted molar refractivity (Wildman–Crippen MR) is 80.6 cm³/mol. The smallest absolute Gasteiger partial charge is 0.315 e. The lowest BCUT2D eigenvalue weighted by atomic mass is 9.66. The number of hydrogen-bond acceptors (Lipinski definition) is 5. The predicted octanol–water partition coefficient (Wildman–Crippen LogP) is 3.05. The van der Waals surface area contributed by atoms with Crippen LogP contribution in [-0.4, -0.2) is 18.9 Å². The van der Waals surface area contributed by atoms with Gasteiger partial charge in [-0.1, -0.05) is 6.07 Å². The molecule has 0 N–H and O–H groups in total. The molecule has 0 spiro atoms. The van der Waals surface area contributed by atoms with E-state index >= 15 is 0 Å². The van der Waals surface area contributed by atoms with Gasteiger partial charge in [0.1, 0.15) is 23.0 Å². The Balaban J connectivity index is 1.85. The Morgan fingerprint density at radius 2 is 1.91 bits per heavy atom. The van der Waals surface area contributed by atoms with Crippen molar-refractivity contribution in [2.45, 2.75) is 24.7 Å². The molecule has 0 unspecified atom stereocenters. The van der Waals surface area contributed by atoms with Gasteiger partial charge in [0, 0.05) is 30.2 Å². The molecule has 0 radical (unpaired) electrons. The Labute approximate surface area is 133 Å². The van der Waals surface area contributed by atoms with E-state index < -0.39 is 5.92 Å². The Morgan fingerprint density at radius 3 is 2.65 bits per heavy atom. The molecule has 1 aromatic carbocycles. The summed E-state index contributed by atoms with van der Waals surface area (Å²) in [6, 6.07) is 8.93. The molecule has 1 aromatic heterocycles. The summed E-state index contributed by atoms with van der Waals surface area (Å²) in [6.07, 6.45) is 2.19. The van der Waals surface area contributed by atoms with E-state index in [1.165, 1.54) is 0 Å². The van der Waals surface area contributed by atoms with Crippen LogP contribution >= 0.6 is 0 Å². The number of fused-ring (bicyclic) bond motifs is 3. The molecule has 0 saturated heterocycles. The number of carbonyl (C=O) groups excluding carboxylic acids is 2. The number of ether oxygens (including phenoxy) is 2. The monoisotopic (exact) mass is 312 g/mol. The van der Waals surface area contributed by atoms with E-state index in [1.54, 1.807) is 31.6 Å². The van der Waals surface area contributed by atoms with Gasteiger partial charge in [-0.25, -0.2) is 0 Å². The van der Waals surface area contributed by atoms with Crippen LogP contribution in [0.3, 0.4) is 0 Å². The van der Waals surface area contributed by atoms with E-state index in [0.29, 0.717) is 30.1 Å². The summed E-state index contributed by atoms with van der Waals surface area (Å²) in [5, 5.41) is 0. The minimum absolute atomic E-state index is 0.124. The zero-order chi connectivity index (χ0) is 16.0. The topological polar surface area (TPSA) is 65.7 Å². The zero-order valence-electron chi connectivity index (χ0n) is 12.7. The van der Waals surface area contributed by atoms with Crippen molar-refractivity contribution < 1.29 is 23.5 Å². The molecule has 0 amide bonds. The fourth-order valence-electron chi connectivity index (χ4n) is 3.83. The Bertz CT molecular complexity index is 762. The van der Waals surface area contributed by atoms with E-state index in [0.717, 1.165) is 5.56 Å². The third kappa shape index (κ3) is 2.15. The van der Waals surface area contributed by atoms with Crippen LogP contribution in [0.2, 0.25) is 0 Å². The van der Waals surface area contributed by atoms with Crippen molar-refractivity contribution in [2.24, 2.45) is 5.92 Å². The molecule has 118 valence electrons. The number of hydrogen-bond donors (Lipinski definition) is 0. The van der Waals surface area contributed by atoms with Crippen molar-refractivity contribution in [3.8, 4) is 11.5 Å². The highest BCUT2D eigenvalue weighted by atomic mass is 16.5. The second-order valence-corrected chi connectivity index (χ2v) is 5.99. The molecule has 5 nitrogen and oxygen atoms in total. The molecule has 3 atom stereocenters. The summed E-state index contributed by atoms with van der Waals surface area (Å²) < 4.78 is 16.4.